The highest BCUT2D eigenvalue weighted by Gasteiger charge is 2.14. The topological polar surface area (TPSA) is 72.2 Å². The number of carbonyl (C=O) groups excluding carboxylic acids is 1. The van der Waals surface area contributed by atoms with Crippen LogP contribution in [0, 0.1) is 15.9 Å². The second kappa shape index (κ2) is 6.19. The minimum Gasteiger partial charge on any atom is -0.319 e. The molecule has 0 aliphatic rings. The average Bonchev–Trinajstić information content (AvgIpc) is 2.39. The third kappa shape index (κ3) is 3.77. The fourth-order valence-corrected chi connectivity index (χ4v) is 2.46. The first kappa shape index (κ1) is 15.4. The Morgan fingerprint density at radius 1 is 1.29 bits per heavy atom. The summed E-state index contributed by atoms with van der Waals surface area (Å²) in [7, 11) is 0. The molecular formula is C13H7BrClFN2O3. The maximum Gasteiger partial charge on any atom is 0.272 e. The zero-order chi connectivity index (χ0) is 15.6. The molecule has 8 heteroatoms. The number of benzene rings is 2. The normalized spacial score (nSPS) is 10.2. The molecular weight excluding hydrogens is 367 g/mol. The molecule has 2 aromatic carbocycles. The SMILES string of the molecule is O=C(Nc1ccc([N+](=O)[O-])cc1F)c1cc(Cl)cc(Br)c1. The van der Waals surface area contributed by atoms with E-state index in [0.29, 0.717) is 9.50 Å². The van der Waals surface area contributed by atoms with Crippen LogP contribution in [0.25, 0.3) is 0 Å². The van der Waals surface area contributed by atoms with Crippen LogP contribution < -0.4 is 5.32 Å². The van der Waals surface area contributed by atoms with Gasteiger partial charge < -0.3 is 5.32 Å². The maximum absolute atomic E-state index is 13.7. The molecule has 0 fully saturated rings. The van der Waals surface area contributed by atoms with Crippen molar-refractivity contribution in [3.8, 4) is 0 Å². The molecule has 0 bridgehead atoms. The Hall–Kier alpha value is -1.99. The summed E-state index contributed by atoms with van der Waals surface area (Å²) in [6.07, 6.45) is 0. The lowest BCUT2D eigenvalue weighted by atomic mass is 10.2. The van der Waals surface area contributed by atoms with Crippen LogP contribution in [-0.4, -0.2) is 10.8 Å². The number of amides is 1. The van der Waals surface area contributed by atoms with Crippen LogP contribution in [0.1, 0.15) is 10.4 Å². The van der Waals surface area contributed by atoms with Crippen LogP contribution in [0.4, 0.5) is 15.8 Å². The molecule has 1 N–H and O–H groups in total. The lowest BCUT2D eigenvalue weighted by Gasteiger charge is -2.07. The molecule has 0 saturated heterocycles. The molecule has 0 heterocycles. The third-order valence-electron chi connectivity index (χ3n) is 2.54. The first-order chi connectivity index (χ1) is 9.86. The van der Waals surface area contributed by atoms with Gasteiger partial charge in [0.1, 0.15) is 0 Å². The van der Waals surface area contributed by atoms with Crippen molar-refractivity contribution in [1.29, 1.82) is 0 Å². The fourth-order valence-electron chi connectivity index (χ4n) is 1.60. The van der Waals surface area contributed by atoms with Gasteiger partial charge in [0.05, 0.1) is 16.7 Å². The number of nitro benzene ring substituents is 1. The largest absolute Gasteiger partial charge is 0.319 e. The Bertz CT molecular complexity index is 719. The standard InChI is InChI=1S/C13H7BrClFN2O3/c14-8-3-7(4-9(15)5-8)13(19)17-12-2-1-10(18(20)21)6-11(12)16/h1-6H,(H,17,19). The highest BCUT2D eigenvalue weighted by atomic mass is 79.9. The van der Waals surface area contributed by atoms with Crippen molar-refractivity contribution in [2.45, 2.75) is 0 Å². The highest BCUT2D eigenvalue weighted by Crippen LogP contribution is 2.23. The van der Waals surface area contributed by atoms with Crippen molar-refractivity contribution >= 4 is 44.8 Å². The van der Waals surface area contributed by atoms with Gasteiger partial charge in [-0.05, 0) is 24.3 Å². The van der Waals surface area contributed by atoms with E-state index < -0.39 is 22.3 Å². The molecule has 0 saturated carbocycles. The van der Waals surface area contributed by atoms with E-state index >= 15 is 0 Å². The summed E-state index contributed by atoms with van der Waals surface area (Å²) >= 11 is 9.02. The molecule has 1 amide bonds. The van der Waals surface area contributed by atoms with Crippen molar-refractivity contribution in [1.82, 2.24) is 0 Å². The minimum absolute atomic E-state index is 0.151. The van der Waals surface area contributed by atoms with Gasteiger partial charge in [-0.3, -0.25) is 14.9 Å². The highest BCUT2D eigenvalue weighted by molar-refractivity contribution is 9.10. The predicted octanol–water partition coefficient (Wildman–Crippen LogP) is 4.40. The van der Waals surface area contributed by atoms with E-state index in [0.717, 1.165) is 18.2 Å². The van der Waals surface area contributed by atoms with Gasteiger partial charge in [-0.1, -0.05) is 27.5 Å². The van der Waals surface area contributed by atoms with Crippen LogP contribution in [0.3, 0.4) is 0 Å². The smallest absolute Gasteiger partial charge is 0.272 e. The van der Waals surface area contributed by atoms with Gasteiger partial charge in [0, 0.05) is 21.1 Å². The summed E-state index contributed by atoms with van der Waals surface area (Å²) in [4.78, 5) is 21.8. The number of carbonyl (C=O) groups is 1. The number of non-ortho nitro benzene ring substituents is 1. The predicted molar refractivity (Wildman–Crippen MR) is 80.2 cm³/mol. The molecule has 0 aliphatic heterocycles. The number of nitrogens with one attached hydrogen (secondary N) is 1. The van der Waals surface area contributed by atoms with Crippen molar-refractivity contribution < 1.29 is 14.1 Å². The third-order valence-corrected chi connectivity index (χ3v) is 3.21. The van der Waals surface area contributed by atoms with Crippen LogP contribution >= 0.6 is 27.5 Å². The molecule has 108 valence electrons. The summed E-state index contributed by atoms with van der Waals surface area (Å²) in [5.74, 6) is -1.47. The van der Waals surface area contributed by atoms with Crippen LogP contribution in [0.5, 0.6) is 0 Å². The van der Waals surface area contributed by atoms with Crippen LogP contribution in [0.15, 0.2) is 40.9 Å². The number of anilines is 1. The van der Waals surface area contributed by atoms with E-state index in [9.17, 15) is 19.3 Å². The fraction of sp³-hybridized carbons (Fsp3) is 0. The van der Waals surface area contributed by atoms with E-state index in [1.807, 2.05) is 0 Å². The molecule has 21 heavy (non-hydrogen) atoms. The molecule has 2 rings (SSSR count). The molecule has 0 atom stereocenters. The molecule has 0 aliphatic carbocycles. The van der Waals surface area contributed by atoms with Gasteiger partial charge in [-0.25, -0.2) is 4.39 Å². The average molecular weight is 374 g/mol. The lowest BCUT2D eigenvalue weighted by Crippen LogP contribution is -2.13. The summed E-state index contributed by atoms with van der Waals surface area (Å²) < 4.78 is 14.3. The van der Waals surface area contributed by atoms with Crippen molar-refractivity contribution in [3.63, 3.8) is 0 Å². The quantitative estimate of drug-likeness (QED) is 0.640. The van der Waals surface area contributed by atoms with Gasteiger partial charge in [-0.2, -0.15) is 0 Å². The van der Waals surface area contributed by atoms with E-state index in [-0.39, 0.29) is 11.3 Å². The molecule has 0 unspecified atom stereocenters. The Morgan fingerprint density at radius 2 is 2.00 bits per heavy atom. The van der Waals surface area contributed by atoms with Gasteiger partial charge in [0.25, 0.3) is 11.6 Å². The van der Waals surface area contributed by atoms with E-state index in [2.05, 4.69) is 21.2 Å². The number of hydrogen-bond acceptors (Lipinski definition) is 3. The van der Waals surface area contributed by atoms with E-state index in [1.54, 1.807) is 6.07 Å². The van der Waals surface area contributed by atoms with Gasteiger partial charge >= 0.3 is 0 Å². The van der Waals surface area contributed by atoms with Crippen molar-refractivity contribution in [2.24, 2.45) is 0 Å². The zero-order valence-electron chi connectivity index (χ0n) is 10.3. The zero-order valence-corrected chi connectivity index (χ0v) is 12.6. The Morgan fingerprint density at radius 3 is 2.57 bits per heavy atom. The van der Waals surface area contributed by atoms with Gasteiger partial charge in [0.2, 0.25) is 0 Å². The number of hydrogen-bond donors (Lipinski definition) is 1. The minimum atomic E-state index is -0.890. The van der Waals surface area contributed by atoms with Crippen molar-refractivity contribution in [2.75, 3.05) is 5.32 Å². The molecule has 0 aromatic heterocycles. The van der Waals surface area contributed by atoms with Crippen LogP contribution in [0.2, 0.25) is 5.02 Å². The second-order valence-electron chi connectivity index (χ2n) is 4.03. The maximum atomic E-state index is 13.7. The number of nitro groups is 1. The number of halogens is 3. The summed E-state index contributed by atoms with van der Waals surface area (Å²) in [6, 6.07) is 7.52. The monoisotopic (exact) mass is 372 g/mol. The molecule has 0 spiro atoms. The first-order valence-electron chi connectivity index (χ1n) is 5.58. The van der Waals surface area contributed by atoms with E-state index in [4.69, 9.17) is 11.6 Å². The number of rotatable bonds is 3. The molecule has 5 nitrogen and oxygen atoms in total. The summed E-state index contributed by atoms with van der Waals surface area (Å²) in [5.41, 5.74) is -0.315. The summed E-state index contributed by atoms with van der Waals surface area (Å²) in [5, 5.41) is 13.2. The Balaban J connectivity index is 2.25. The second-order valence-corrected chi connectivity index (χ2v) is 5.39. The van der Waals surface area contributed by atoms with E-state index in [1.165, 1.54) is 12.1 Å². The van der Waals surface area contributed by atoms with Crippen molar-refractivity contribution in [3.05, 3.63) is 67.4 Å². The van der Waals surface area contributed by atoms with Gasteiger partial charge in [0.15, 0.2) is 5.82 Å². The molecule has 0 radical (unpaired) electrons. The Labute approximate surface area is 132 Å². The Kier molecular flexibility index (Phi) is 4.54. The summed E-state index contributed by atoms with van der Waals surface area (Å²) in [6.45, 7) is 0. The van der Waals surface area contributed by atoms with Gasteiger partial charge in [-0.15, -0.1) is 0 Å². The van der Waals surface area contributed by atoms with Crippen LogP contribution in [-0.2, 0) is 0 Å². The molecule has 2 aromatic rings. The number of nitrogens with zero attached hydrogens (tertiary/aromatic N) is 1. The first-order valence-corrected chi connectivity index (χ1v) is 6.75. The lowest BCUT2D eigenvalue weighted by molar-refractivity contribution is -0.385.